The van der Waals surface area contributed by atoms with Gasteiger partial charge in [-0.3, -0.25) is 0 Å². The van der Waals surface area contributed by atoms with Crippen LogP contribution in [0.3, 0.4) is 0 Å². The molecule has 1 heterocycles. The summed E-state index contributed by atoms with van der Waals surface area (Å²) in [4.78, 5) is 2.41. The molecule has 0 fully saturated rings. The van der Waals surface area contributed by atoms with Gasteiger partial charge in [0.25, 0.3) is 0 Å². The number of para-hydroxylation sites is 2. The van der Waals surface area contributed by atoms with Crippen LogP contribution in [0.15, 0.2) is 217 Å². The van der Waals surface area contributed by atoms with Gasteiger partial charge >= 0.3 is 0 Å². The Hall–Kier alpha value is -7.16. The van der Waals surface area contributed by atoms with Crippen molar-refractivity contribution >= 4 is 49.8 Å². The minimum absolute atomic E-state index is 0.512. The van der Waals surface area contributed by atoms with Crippen LogP contribution in [0.1, 0.15) is 22.3 Å². The van der Waals surface area contributed by atoms with E-state index in [0.717, 1.165) is 39.0 Å². The van der Waals surface area contributed by atoms with Crippen molar-refractivity contribution in [2.75, 3.05) is 4.90 Å². The van der Waals surface area contributed by atoms with Crippen molar-refractivity contribution in [1.29, 1.82) is 0 Å². The monoisotopic (exact) mass is 701 g/mol. The predicted molar refractivity (Wildman–Crippen MR) is 229 cm³/mol. The van der Waals surface area contributed by atoms with Gasteiger partial charge in [0.05, 0.1) is 16.8 Å². The Morgan fingerprint density at radius 3 is 1.80 bits per heavy atom. The summed E-state index contributed by atoms with van der Waals surface area (Å²) in [6, 6.07) is 77.0. The fourth-order valence-electron chi connectivity index (χ4n) is 9.15. The standard InChI is InChI=1S/C53H35NO/c1-3-17-40(18-4-1)53(41-19-5-2-6-20-41)46-24-11-9-22-45(46)51-47(53)25-14-26-48(51)54(49-27-13-23-44-43-21-10-12-28-50(43)55-52(44)49)42-33-31-37(32-34-42)39-30-29-36-15-7-8-16-38(36)35-39/h1-35H. The van der Waals surface area contributed by atoms with Crippen LogP contribution < -0.4 is 4.90 Å². The molecule has 9 aromatic carbocycles. The molecule has 0 amide bonds. The number of nitrogens with zero attached hydrogens (tertiary/aromatic N) is 1. The molecular weight excluding hydrogens is 667 g/mol. The number of benzene rings is 9. The van der Waals surface area contributed by atoms with Gasteiger partial charge in [-0.2, -0.15) is 0 Å². The van der Waals surface area contributed by atoms with Gasteiger partial charge in [0, 0.05) is 22.0 Å². The molecule has 1 aliphatic carbocycles. The summed E-state index contributed by atoms with van der Waals surface area (Å²) in [6.07, 6.45) is 0. The number of rotatable bonds is 6. The van der Waals surface area contributed by atoms with Gasteiger partial charge in [0.2, 0.25) is 0 Å². The average Bonchev–Trinajstić information content (AvgIpc) is 3.80. The van der Waals surface area contributed by atoms with E-state index in [0.29, 0.717) is 0 Å². The third-order valence-electron chi connectivity index (χ3n) is 11.5. The van der Waals surface area contributed by atoms with Gasteiger partial charge in [-0.15, -0.1) is 0 Å². The van der Waals surface area contributed by atoms with Gasteiger partial charge in [-0.1, -0.05) is 176 Å². The minimum Gasteiger partial charge on any atom is -0.454 e. The third kappa shape index (κ3) is 4.75. The van der Waals surface area contributed by atoms with Crippen molar-refractivity contribution in [3.8, 4) is 22.3 Å². The zero-order valence-corrected chi connectivity index (χ0v) is 30.1. The van der Waals surface area contributed by atoms with E-state index in [1.165, 1.54) is 55.3 Å². The van der Waals surface area contributed by atoms with Crippen LogP contribution in [0.4, 0.5) is 17.1 Å². The molecule has 0 unspecified atom stereocenters. The highest BCUT2D eigenvalue weighted by molar-refractivity contribution is 6.11. The van der Waals surface area contributed by atoms with E-state index in [2.05, 4.69) is 211 Å². The van der Waals surface area contributed by atoms with Crippen LogP contribution >= 0.6 is 0 Å². The smallest absolute Gasteiger partial charge is 0.159 e. The maximum absolute atomic E-state index is 6.77. The van der Waals surface area contributed by atoms with E-state index in [9.17, 15) is 0 Å². The number of anilines is 3. The van der Waals surface area contributed by atoms with Crippen LogP contribution in [0, 0.1) is 0 Å². The Labute approximate surface area is 320 Å². The fraction of sp³-hybridized carbons (Fsp3) is 0.0189. The van der Waals surface area contributed by atoms with Crippen molar-refractivity contribution < 1.29 is 4.42 Å². The van der Waals surface area contributed by atoms with Gasteiger partial charge in [0.1, 0.15) is 5.58 Å². The Morgan fingerprint density at radius 2 is 1.00 bits per heavy atom. The fourth-order valence-corrected chi connectivity index (χ4v) is 9.15. The minimum atomic E-state index is -0.512. The van der Waals surface area contributed by atoms with Crippen LogP contribution in [0.25, 0.3) is 55.0 Å². The van der Waals surface area contributed by atoms with Crippen molar-refractivity contribution in [3.63, 3.8) is 0 Å². The Balaban J connectivity index is 1.19. The van der Waals surface area contributed by atoms with Crippen LogP contribution in [-0.2, 0) is 5.41 Å². The van der Waals surface area contributed by atoms with Gasteiger partial charge in [-0.05, 0) is 86.1 Å². The summed E-state index contributed by atoms with van der Waals surface area (Å²) >= 11 is 0. The maximum atomic E-state index is 6.77. The van der Waals surface area contributed by atoms with Crippen molar-refractivity contribution in [1.82, 2.24) is 0 Å². The van der Waals surface area contributed by atoms with Crippen molar-refractivity contribution in [3.05, 3.63) is 235 Å². The number of fused-ring (bicyclic) bond motifs is 7. The zero-order valence-electron chi connectivity index (χ0n) is 30.1. The molecule has 0 saturated heterocycles. The molecule has 1 aromatic heterocycles. The first kappa shape index (κ1) is 31.4. The van der Waals surface area contributed by atoms with E-state index in [1.54, 1.807) is 0 Å². The Bertz CT molecular complexity index is 2990. The molecule has 2 nitrogen and oxygen atoms in total. The second kappa shape index (κ2) is 12.5. The van der Waals surface area contributed by atoms with Gasteiger partial charge in [0.15, 0.2) is 5.58 Å². The van der Waals surface area contributed by atoms with Crippen LogP contribution in [0.2, 0.25) is 0 Å². The highest BCUT2D eigenvalue weighted by Crippen LogP contribution is 2.59. The molecule has 0 atom stereocenters. The lowest BCUT2D eigenvalue weighted by Crippen LogP contribution is -2.28. The van der Waals surface area contributed by atoms with Gasteiger partial charge in [-0.25, -0.2) is 0 Å². The lowest BCUT2D eigenvalue weighted by Gasteiger charge is -2.34. The molecule has 0 N–H and O–H groups in total. The topological polar surface area (TPSA) is 16.4 Å². The lowest BCUT2D eigenvalue weighted by atomic mass is 9.68. The first-order chi connectivity index (χ1) is 27.3. The molecule has 2 heteroatoms. The molecule has 0 spiro atoms. The summed E-state index contributed by atoms with van der Waals surface area (Å²) in [5.74, 6) is 0. The number of hydrogen-bond acceptors (Lipinski definition) is 2. The molecule has 11 rings (SSSR count). The quantitative estimate of drug-likeness (QED) is 0.172. The van der Waals surface area contributed by atoms with E-state index >= 15 is 0 Å². The molecule has 55 heavy (non-hydrogen) atoms. The molecule has 1 aliphatic rings. The SMILES string of the molecule is c1ccc(C2(c3ccccc3)c3ccccc3-c3c(N(c4ccc(-c5ccc6ccccc6c5)cc4)c4cccc5c4oc4ccccc45)cccc32)cc1. The number of furan rings is 1. The summed E-state index contributed by atoms with van der Waals surface area (Å²) in [5.41, 5.74) is 14.2. The normalized spacial score (nSPS) is 12.9. The molecule has 0 radical (unpaired) electrons. The predicted octanol–water partition coefficient (Wildman–Crippen LogP) is 14.2. The molecule has 10 aromatic rings. The first-order valence-corrected chi connectivity index (χ1v) is 18.9. The van der Waals surface area contributed by atoms with Crippen molar-refractivity contribution in [2.24, 2.45) is 0 Å². The lowest BCUT2D eigenvalue weighted by molar-refractivity contribution is 0.669. The van der Waals surface area contributed by atoms with Crippen LogP contribution in [0.5, 0.6) is 0 Å². The summed E-state index contributed by atoms with van der Waals surface area (Å²) < 4.78 is 6.77. The second-order valence-corrected chi connectivity index (χ2v) is 14.4. The zero-order chi connectivity index (χ0) is 36.3. The maximum Gasteiger partial charge on any atom is 0.159 e. The summed E-state index contributed by atoms with van der Waals surface area (Å²) in [7, 11) is 0. The van der Waals surface area contributed by atoms with Gasteiger partial charge < -0.3 is 9.32 Å². The highest BCUT2D eigenvalue weighted by Gasteiger charge is 2.47. The van der Waals surface area contributed by atoms with E-state index < -0.39 is 5.41 Å². The summed E-state index contributed by atoms with van der Waals surface area (Å²) in [6.45, 7) is 0. The Morgan fingerprint density at radius 1 is 0.400 bits per heavy atom. The largest absolute Gasteiger partial charge is 0.454 e. The summed E-state index contributed by atoms with van der Waals surface area (Å²) in [5, 5.41) is 4.69. The average molecular weight is 702 g/mol. The first-order valence-electron chi connectivity index (χ1n) is 18.9. The van der Waals surface area contributed by atoms with E-state index in [1.807, 2.05) is 6.07 Å². The Kier molecular flexibility index (Phi) is 7.11. The second-order valence-electron chi connectivity index (χ2n) is 14.4. The van der Waals surface area contributed by atoms with Crippen LogP contribution in [-0.4, -0.2) is 0 Å². The third-order valence-corrected chi connectivity index (χ3v) is 11.5. The molecule has 0 saturated carbocycles. The van der Waals surface area contributed by atoms with E-state index in [4.69, 9.17) is 4.42 Å². The molecule has 0 bridgehead atoms. The highest BCUT2D eigenvalue weighted by atomic mass is 16.3. The van der Waals surface area contributed by atoms with E-state index in [-0.39, 0.29) is 0 Å². The molecular formula is C53H35NO. The molecule has 0 aliphatic heterocycles. The molecule has 258 valence electrons. The number of hydrogen-bond donors (Lipinski definition) is 0. The van der Waals surface area contributed by atoms with Crippen molar-refractivity contribution in [2.45, 2.75) is 5.41 Å².